The van der Waals surface area contributed by atoms with Crippen LogP contribution in [0, 0.1) is 5.82 Å². The molecule has 2 aromatic rings. The molecule has 2 rings (SSSR count). The van der Waals surface area contributed by atoms with Crippen LogP contribution in [-0.2, 0) is 6.54 Å². The summed E-state index contributed by atoms with van der Waals surface area (Å²) in [7, 11) is 0. The van der Waals surface area contributed by atoms with E-state index in [4.69, 9.17) is 0 Å². The van der Waals surface area contributed by atoms with Crippen LogP contribution in [0.2, 0.25) is 0 Å². The molecule has 0 saturated heterocycles. The molecule has 0 amide bonds. The highest BCUT2D eigenvalue weighted by molar-refractivity contribution is 9.10. The Morgan fingerprint density at radius 2 is 2.29 bits per heavy atom. The first-order chi connectivity index (χ1) is 8.20. The van der Waals surface area contributed by atoms with Gasteiger partial charge in [0.05, 0.1) is 5.69 Å². The van der Waals surface area contributed by atoms with E-state index in [2.05, 4.69) is 33.2 Å². The summed E-state index contributed by atoms with van der Waals surface area (Å²) in [6.07, 6.45) is 0. The van der Waals surface area contributed by atoms with E-state index in [1.54, 1.807) is 17.4 Å². The zero-order valence-corrected chi connectivity index (χ0v) is 11.7. The fraction of sp³-hybridized carbons (Fsp3) is 0.250. The van der Waals surface area contributed by atoms with Crippen LogP contribution >= 0.6 is 27.3 Å². The minimum absolute atomic E-state index is 0.247. The van der Waals surface area contributed by atoms with Gasteiger partial charge in [-0.3, -0.25) is 0 Å². The number of hydrogen-bond acceptors (Lipinski definition) is 3. The lowest BCUT2D eigenvalue weighted by atomic mass is 10.2. The first kappa shape index (κ1) is 12.7. The lowest BCUT2D eigenvalue weighted by Crippen LogP contribution is -2.11. The fourth-order valence-corrected chi connectivity index (χ4v) is 2.76. The van der Waals surface area contributed by atoms with Crippen molar-refractivity contribution in [2.24, 2.45) is 0 Å². The monoisotopic (exact) mass is 314 g/mol. The average Bonchev–Trinajstić information content (AvgIpc) is 2.75. The third-order valence-corrected chi connectivity index (χ3v) is 3.79. The molecule has 2 nitrogen and oxygen atoms in total. The molecule has 1 aromatic carbocycles. The Hall–Kier alpha value is -0.780. The predicted molar refractivity (Wildman–Crippen MR) is 72.6 cm³/mol. The van der Waals surface area contributed by atoms with Gasteiger partial charge in [0.15, 0.2) is 0 Å². The standard InChI is InChI=1S/C12H12BrFN2S/c1-2-15-6-12-16-11(7-17-12)9-4-3-8(14)5-10(9)13/h3-5,7,15H,2,6H2,1H3. The molecule has 0 spiro atoms. The normalized spacial score (nSPS) is 10.8. The number of nitrogens with zero attached hydrogens (tertiary/aromatic N) is 1. The van der Waals surface area contributed by atoms with Crippen LogP contribution in [0.3, 0.4) is 0 Å². The number of aromatic nitrogens is 1. The summed E-state index contributed by atoms with van der Waals surface area (Å²) in [5.74, 6) is -0.247. The maximum Gasteiger partial charge on any atom is 0.124 e. The summed E-state index contributed by atoms with van der Waals surface area (Å²) in [5.41, 5.74) is 1.81. The number of thiazole rings is 1. The van der Waals surface area contributed by atoms with Crippen LogP contribution < -0.4 is 5.32 Å². The quantitative estimate of drug-likeness (QED) is 0.928. The Morgan fingerprint density at radius 3 is 3.00 bits per heavy atom. The molecule has 0 radical (unpaired) electrons. The summed E-state index contributed by atoms with van der Waals surface area (Å²) in [6.45, 7) is 3.76. The van der Waals surface area contributed by atoms with E-state index < -0.39 is 0 Å². The minimum atomic E-state index is -0.247. The Labute approximate surface area is 112 Å². The van der Waals surface area contributed by atoms with E-state index in [1.165, 1.54) is 12.1 Å². The van der Waals surface area contributed by atoms with E-state index in [-0.39, 0.29) is 5.82 Å². The van der Waals surface area contributed by atoms with Gasteiger partial charge in [0.25, 0.3) is 0 Å². The number of hydrogen-bond donors (Lipinski definition) is 1. The van der Waals surface area contributed by atoms with Crippen molar-refractivity contribution in [1.82, 2.24) is 10.3 Å². The van der Waals surface area contributed by atoms with Crippen LogP contribution in [-0.4, -0.2) is 11.5 Å². The molecular weight excluding hydrogens is 303 g/mol. The first-order valence-corrected chi connectivity index (χ1v) is 6.98. The molecule has 0 bridgehead atoms. The smallest absolute Gasteiger partial charge is 0.124 e. The van der Waals surface area contributed by atoms with Gasteiger partial charge in [0, 0.05) is 22.0 Å². The molecule has 0 fully saturated rings. The van der Waals surface area contributed by atoms with E-state index in [0.717, 1.165) is 33.8 Å². The molecular formula is C12H12BrFN2S. The van der Waals surface area contributed by atoms with E-state index >= 15 is 0 Å². The first-order valence-electron chi connectivity index (χ1n) is 5.31. The predicted octanol–water partition coefficient (Wildman–Crippen LogP) is 3.82. The molecule has 1 N–H and O–H groups in total. The van der Waals surface area contributed by atoms with Crippen molar-refractivity contribution < 1.29 is 4.39 Å². The fourth-order valence-electron chi connectivity index (χ4n) is 1.44. The summed E-state index contributed by atoms with van der Waals surface area (Å²) in [4.78, 5) is 4.51. The van der Waals surface area contributed by atoms with Crippen molar-refractivity contribution in [3.8, 4) is 11.3 Å². The third kappa shape index (κ3) is 3.12. The number of rotatable bonds is 4. The van der Waals surface area contributed by atoms with Crippen molar-refractivity contribution in [1.29, 1.82) is 0 Å². The highest BCUT2D eigenvalue weighted by Crippen LogP contribution is 2.29. The number of halogens is 2. The largest absolute Gasteiger partial charge is 0.311 e. The second-order valence-corrected chi connectivity index (χ2v) is 5.33. The molecule has 1 aromatic heterocycles. The number of nitrogens with one attached hydrogen (secondary N) is 1. The van der Waals surface area contributed by atoms with E-state index in [1.807, 2.05) is 5.38 Å². The van der Waals surface area contributed by atoms with Crippen molar-refractivity contribution in [3.05, 3.63) is 38.9 Å². The molecule has 5 heteroatoms. The lowest BCUT2D eigenvalue weighted by Gasteiger charge is -2.00. The SMILES string of the molecule is CCNCc1nc(-c2ccc(F)cc2Br)cs1. The third-order valence-electron chi connectivity index (χ3n) is 2.29. The molecule has 90 valence electrons. The van der Waals surface area contributed by atoms with Crippen molar-refractivity contribution >= 4 is 27.3 Å². The summed E-state index contributed by atoms with van der Waals surface area (Å²) in [6, 6.07) is 4.65. The zero-order valence-electron chi connectivity index (χ0n) is 9.34. The molecule has 0 aliphatic carbocycles. The van der Waals surface area contributed by atoms with E-state index in [9.17, 15) is 4.39 Å². The topological polar surface area (TPSA) is 24.9 Å². The highest BCUT2D eigenvalue weighted by Gasteiger charge is 2.08. The lowest BCUT2D eigenvalue weighted by molar-refractivity contribution is 0.627. The average molecular weight is 315 g/mol. The maximum atomic E-state index is 13.0. The van der Waals surface area contributed by atoms with Crippen LogP contribution in [0.4, 0.5) is 4.39 Å². The maximum absolute atomic E-state index is 13.0. The van der Waals surface area contributed by atoms with Crippen LogP contribution in [0.1, 0.15) is 11.9 Å². The summed E-state index contributed by atoms with van der Waals surface area (Å²) < 4.78 is 13.7. The van der Waals surface area contributed by atoms with Crippen LogP contribution in [0.25, 0.3) is 11.3 Å². The van der Waals surface area contributed by atoms with E-state index in [0.29, 0.717) is 0 Å². The van der Waals surface area contributed by atoms with Gasteiger partial charge in [0.1, 0.15) is 10.8 Å². The Kier molecular flexibility index (Phi) is 4.25. The van der Waals surface area contributed by atoms with Crippen molar-refractivity contribution in [2.75, 3.05) is 6.54 Å². The van der Waals surface area contributed by atoms with Gasteiger partial charge in [-0.05, 0) is 40.7 Å². The van der Waals surface area contributed by atoms with Gasteiger partial charge in [-0.15, -0.1) is 11.3 Å². The molecule has 0 unspecified atom stereocenters. The van der Waals surface area contributed by atoms with Gasteiger partial charge in [0.2, 0.25) is 0 Å². The molecule has 0 aliphatic rings. The molecule has 1 heterocycles. The van der Waals surface area contributed by atoms with Crippen LogP contribution in [0.15, 0.2) is 28.1 Å². The van der Waals surface area contributed by atoms with Gasteiger partial charge in [-0.1, -0.05) is 6.92 Å². The van der Waals surface area contributed by atoms with Gasteiger partial charge < -0.3 is 5.32 Å². The van der Waals surface area contributed by atoms with Crippen molar-refractivity contribution in [2.45, 2.75) is 13.5 Å². The van der Waals surface area contributed by atoms with Gasteiger partial charge in [-0.2, -0.15) is 0 Å². The van der Waals surface area contributed by atoms with Gasteiger partial charge in [-0.25, -0.2) is 9.37 Å². The number of benzene rings is 1. The highest BCUT2D eigenvalue weighted by atomic mass is 79.9. The second kappa shape index (κ2) is 5.71. The Bertz CT molecular complexity index is 513. The molecule has 0 aliphatic heterocycles. The summed E-state index contributed by atoms with van der Waals surface area (Å²) >= 11 is 4.96. The Balaban J connectivity index is 2.24. The van der Waals surface area contributed by atoms with Crippen molar-refractivity contribution in [3.63, 3.8) is 0 Å². The molecule has 17 heavy (non-hydrogen) atoms. The zero-order chi connectivity index (χ0) is 12.3. The summed E-state index contributed by atoms with van der Waals surface area (Å²) in [5, 5.41) is 6.26. The molecule has 0 saturated carbocycles. The van der Waals surface area contributed by atoms with Gasteiger partial charge >= 0.3 is 0 Å². The Morgan fingerprint density at radius 1 is 1.47 bits per heavy atom. The second-order valence-electron chi connectivity index (χ2n) is 3.53. The van der Waals surface area contributed by atoms with Crippen LogP contribution in [0.5, 0.6) is 0 Å². The molecule has 0 atom stereocenters. The minimum Gasteiger partial charge on any atom is -0.311 e.